The summed E-state index contributed by atoms with van der Waals surface area (Å²) in [6.07, 6.45) is 4.90. The molecule has 1 aromatic heterocycles. The molecule has 2 N–H and O–H groups in total. The molecular formula is C13H20FN3. The molecule has 2 rings (SSSR count). The topological polar surface area (TPSA) is 42.2 Å². The number of anilines is 1. The third-order valence-corrected chi connectivity index (χ3v) is 3.67. The van der Waals surface area contributed by atoms with Crippen LogP contribution in [0.25, 0.3) is 0 Å². The highest BCUT2D eigenvalue weighted by molar-refractivity contribution is 5.46. The van der Waals surface area contributed by atoms with Crippen LogP contribution >= 0.6 is 0 Å². The normalized spacial score (nSPS) is 24.4. The molecule has 1 aromatic rings. The van der Waals surface area contributed by atoms with Gasteiger partial charge in [-0.2, -0.15) is 0 Å². The lowest BCUT2D eigenvalue weighted by atomic mass is 10.1. The summed E-state index contributed by atoms with van der Waals surface area (Å²) in [5.74, 6) is 0.229. The fraction of sp³-hybridized carbons (Fsp3) is 0.615. The summed E-state index contributed by atoms with van der Waals surface area (Å²) in [4.78, 5) is 6.33. The smallest absolute Gasteiger partial charge is 0.170 e. The molecule has 0 radical (unpaired) electrons. The van der Waals surface area contributed by atoms with Gasteiger partial charge in [-0.1, -0.05) is 6.92 Å². The standard InChI is InChI=1S/C13H20FN3/c1-3-11-5-4-9(2)17(11)13-12(14)10(8-15)6-7-16-13/h6-7,9,11H,3-5,8,15H2,1-2H3. The van der Waals surface area contributed by atoms with Crippen LogP contribution in [0.3, 0.4) is 0 Å². The Hall–Kier alpha value is -1.16. The van der Waals surface area contributed by atoms with Gasteiger partial charge in [-0.3, -0.25) is 0 Å². The summed E-state index contributed by atoms with van der Waals surface area (Å²) in [7, 11) is 0. The van der Waals surface area contributed by atoms with Crippen molar-refractivity contribution in [1.29, 1.82) is 0 Å². The van der Waals surface area contributed by atoms with E-state index in [0.717, 1.165) is 19.3 Å². The van der Waals surface area contributed by atoms with E-state index < -0.39 is 0 Å². The molecule has 0 saturated carbocycles. The number of hydrogen-bond acceptors (Lipinski definition) is 3. The highest BCUT2D eigenvalue weighted by atomic mass is 19.1. The Kier molecular flexibility index (Phi) is 3.62. The molecule has 0 aliphatic carbocycles. The second kappa shape index (κ2) is 5.00. The summed E-state index contributed by atoms with van der Waals surface area (Å²) >= 11 is 0. The second-order valence-electron chi connectivity index (χ2n) is 4.71. The molecule has 3 nitrogen and oxygen atoms in total. The van der Waals surface area contributed by atoms with Crippen molar-refractivity contribution >= 4 is 5.82 Å². The van der Waals surface area contributed by atoms with Gasteiger partial charge in [0.2, 0.25) is 0 Å². The number of hydrogen-bond donors (Lipinski definition) is 1. The van der Waals surface area contributed by atoms with Crippen LogP contribution in [-0.4, -0.2) is 17.1 Å². The molecule has 1 aliphatic heterocycles. The average Bonchev–Trinajstić information content (AvgIpc) is 2.71. The SMILES string of the molecule is CCC1CCC(C)N1c1nccc(CN)c1F. The van der Waals surface area contributed by atoms with Crippen molar-refractivity contribution in [2.45, 2.75) is 51.7 Å². The summed E-state index contributed by atoms with van der Waals surface area (Å²) in [6, 6.07) is 2.41. The van der Waals surface area contributed by atoms with Gasteiger partial charge in [0.15, 0.2) is 11.6 Å². The van der Waals surface area contributed by atoms with E-state index in [0.29, 0.717) is 23.5 Å². The maximum Gasteiger partial charge on any atom is 0.170 e. The largest absolute Gasteiger partial charge is 0.349 e. The van der Waals surface area contributed by atoms with Crippen molar-refractivity contribution in [2.75, 3.05) is 4.90 Å². The van der Waals surface area contributed by atoms with E-state index in [4.69, 9.17) is 5.73 Å². The minimum absolute atomic E-state index is 0.223. The minimum atomic E-state index is -0.248. The van der Waals surface area contributed by atoms with Gasteiger partial charge in [-0.15, -0.1) is 0 Å². The van der Waals surface area contributed by atoms with Crippen molar-refractivity contribution < 1.29 is 4.39 Å². The van der Waals surface area contributed by atoms with E-state index >= 15 is 0 Å². The molecule has 1 saturated heterocycles. The summed E-state index contributed by atoms with van der Waals surface area (Å²) < 4.78 is 14.2. The molecule has 0 amide bonds. The van der Waals surface area contributed by atoms with Gasteiger partial charge in [-0.05, 0) is 32.3 Å². The Labute approximate surface area is 102 Å². The summed E-state index contributed by atoms with van der Waals surface area (Å²) in [5, 5.41) is 0. The third kappa shape index (κ3) is 2.14. The lowest BCUT2D eigenvalue weighted by Gasteiger charge is -2.29. The number of nitrogens with zero attached hydrogens (tertiary/aromatic N) is 2. The van der Waals surface area contributed by atoms with Crippen LogP contribution in [-0.2, 0) is 6.54 Å². The number of aromatic nitrogens is 1. The van der Waals surface area contributed by atoms with Gasteiger partial charge < -0.3 is 10.6 Å². The zero-order valence-electron chi connectivity index (χ0n) is 10.5. The van der Waals surface area contributed by atoms with Crippen LogP contribution in [0.4, 0.5) is 10.2 Å². The van der Waals surface area contributed by atoms with Crippen molar-refractivity contribution in [3.05, 3.63) is 23.6 Å². The van der Waals surface area contributed by atoms with Crippen LogP contribution in [0.15, 0.2) is 12.3 Å². The van der Waals surface area contributed by atoms with Crippen molar-refractivity contribution in [3.63, 3.8) is 0 Å². The molecule has 2 unspecified atom stereocenters. The Morgan fingerprint density at radius 3 is 2.94 bits per heavy atom. The van der Waals surface area contributed by atoms with Crippen molar-refractivity contribution in [3.8, 4) is 0 Å². The molecule has 0 aromatic carbocycles. The zero-order valence-corrected chi connectivity index (χ0v) is 10.5. The number of nitrogens with two attached hydrogens (primary N) is 1. The van der Waals surface area contributed by atoms with Crippen molar-refractivity contribution in [1.82, 2.24) is 4.98 Å². The fourth-order valence-corrected chi connectivity index (χ4v) is 2.66. The van der Waals surface area contributed by atoms with Crippen LogP contribution in [0.2, 0.25) is 0 Å². The van der Waals surface area contributed by atoms with Gasteiger partial charge in [0.1, 0.15) is 0 Å². The van der Waals surface area contributed by atoms with E-state index in [1.54, 1.807) is 12.3 Å². The first-order chi connectivity index (χ1) is 8.19. The van der Waals surface area contributed by atoms with Gasteiger partial charge in [-0.25, -0.2) is 9.37 Å². The highest BCUT2D eigenvalue weighted by Crippen LogP contribution is 2.32. The van der Waals surface area contributed by atoms with Crippen LogP contribution in [0.5, 0.6) is 0 Å². The molecule has 1 aliphatic rings. The Bertz CT molecular complexity index is 394. The molecule has 0 bridgehead atoms. The first kappa shape index (κ1) is 12.3. The Morgan fingerprint density at radius 2 is 2.29 bits per heavy atom. The number of halogens is 1. The molecular weight excluding hydrogens is 217 g/mol. The Balaban J connectivity index is 2.38. The van der Waals surface area contributed by atoms with E-state index in [-0.39, 0.29) is 12.4 Å². The molecule has 0 spiro atoms. The monoisotopic (exact) mass is 237 g/mol. The molecule has 2 atom stereocenters. The fourth-order valence-electron chi connectivity index (χ4n) is 2.66. The Morgan fingerprint density at radius 1 is 1.53 bits per heavy atom. The third-order valence-electron chi connectivity index (χ3n) is 3.67. The number of rotatable bonds is 3. The molecule has 4 heteroatoms. The predicted molar refractivity (Wildman–Crippen MR) is 67.3 cm³/mol. The maximum absolute atomic E-state index is 14.2. The zero-order chi connectivity index (χ0) is 12.4. The van der Waals surface area contributed by atoms with Gasteiger partial charge in [0.05, 0.1) is 0 Å². The molecule has 2 heterocycles. The van der Waals surface area contributed by atoms with Crippen LogP contribution in [0.1, 0.15) is 38.7 Å². The van der Waals surface area contributed by atoms with E-state index in [1.807, 2.05) is 0 Å². The maximum atomic E-state index is 14.2. The molecule has 94 valence electrons. The first-order valence-corrected chi connectivity index (χ1v) is 6.30. The molecule has 1 fully saturated rings. The van der Waals surface area contributed by atoms with Crippen LogP contribution < -0.4 is 10.6 Å². The van der Waals surface area contributed by atoms with Gasteiger partial charge in [0.25, 0.3) is 0 Å². The summed E-state index contributed by atoms with van der Waals surface area (Å²) in [5.41, 5.74) is 6.08. The average molecular weight is 237 g/mol. The van der Waals surface area contributed by atoms with E-state index in [1.165, 1.54) is 0 Å². The van der Waals surface area contributed by atoms with Crippen LogP contribution in [0, 0.1) is 5.82 Å². The minimum Gasteiger partial charge on any atom is -0.349 e. The van der Waals surface area contributed by atoms with Gasteiger partial charge in [0, 0.05) is 30.4 Å². The molecule has 17 heavy (non-hydrogen) atoms. The quantitative estimate of drug-likeness (QED) is 0.878. The van der Waals surface area contributed by atoms with E-state index in [9.17, 15) is 4.39 Å². The lowest BCUT2D eigenvalue weighted by Crippen LogP contribution is -2.35. The predicted octanol–water partition coefficient (Wildman–Crippen LogP) is 2.45. The lowest BCUT2D eigenvalue weighted by molar-refractivity contribution is 0.562. The first-order valence-electron chi connectivity index (χ1n) is 6.30. The van der Waals surface area contributed by atoms with E-state index in [2.05, 4.69) is 23.7 Å². The number of pyridine rings is 1. The second-order valence-corrected chi connectivity index (χ2v) is 4.71. The van der Waals surface area contributed by atoms with Gasteiger partial charge >= 0.3 is 0 Å². The summed E-state index contributed by atoms with van der Waals surface area (Å²) in [6.45, 7) is 4.49. The highest BCUT2D eigenvalue weighted by Gasteiger charge is 2.32. The van der Waals surface area contributed by atoms with Crippen molar-refractivity contribution in [2.24, 2.45) is 5.73 Å².